The van der Waals surface area contributed by atoms with Crippen LogP contribution in [0.25, 0.3) is 0 Å². The Bertz CT molecular complexity index is 604. The van der Waals surface area contributed by atoms with Crippen molar-refractivity contribution in [2.24, 2.45) is 5.92 Å². The highest BCUT2D eigenvalue weighted by Gasteiger charge is 2.31. The molecule has 2 aliphatic rings. The zero-order valence-electron chi connectivity index (χ0n) is 14.8. The molecule has 2 fully saturated rings. The van der Waals surface area contributed by atoms with Gasteiger partial charge >= 0.3 is 0 Å². The van der Waals surface area contributed by atoms with Gasteiger partial charge in [-0.15, -0.1) is 0 Å². The molecule has 0 aromatic heterocycles. The maximum Gasteiger partial charge on any atom is 0.226 e. The lowest BCUT2D eigenvalue weighted by atomic mass is 9.95. The van der Waals surface area contributed by atoms with Crippen LogP contribution in [0.15, 0.2) is 24.3 Å². The van der Waals surface area contributed by atoms with E-state index in [-0.39, 0.29) is 17.7 Å². The summed E-state index contributed by atoms with van der Waals surface area (Å²) in [5.74, 6) is 0.493. The molecular weight excluding hydrogens is 338 g/mol. The Labute approximate surface area is 154 Å². The maximum absolute atomic E-state index is 12.7. The normalized spacial score (nSPS) is 19.9. The molecule has 0 bridgehead atoms. The summed E-state index contributed by atoms with van der Waals surface area (Å²) in [6, 6.07) is 8.03. The molecule has 25 heavy (non-hydrogen) atoms. The molecule has 2 amide bonds. The number of carbonyl (C=O) groups excluding carboxylic acids is 2. The Morgan fingerprint density at radius 3 is 2.20 bits per heavy atom. The van der Waals surface area contributed by atoms with E-state index in [9.17, 15) is 9.59 Å². The Balaban J connectivity index is 1.45. The first kappa shape index (κ1) is 18.2. The summed E-state index contributed by atoms with van der Waals surface area (Å²) >= 11 is 5.94. The van der Waals surface area contributed by atoms with Crippen LogP contribution in [0.2, 0.25) is 5.02 Å². The molecule has 3 rings (SSSR count). The minimum absolute atomic E-state index is 0.0911. The monoisotopic (exact) mass is 364 g/mol. The molecule has 6 heteroatoms. The summed E-state index contributed by atoms with van der Waals surface area (Å²) in [6.07, 6.45) is 1.60. The lowest BCUT2D eigenvalue weighted by Crippen LogP contribution is -3.13. The largest absolute Gasteiger partial charge is 0.343 e. The molecule has 1 aromatic carbocycles. The third-order valence-electron chi connectivity index (χ3n) is 5.44. The van der Waals surface area contributed by atoms with Crippen molar-refractivity contribution in [3.63, 3.8) is 0 Å². The summed E-state index contributed by atoms with van der Waals surface area (Å²) in [5.41, 5.74) is 1.29. The van der Waals surface area contributed by atoms with Crippen LogP contribution in [-0.4, -0.2) is 60.9 Å². The number of hydrogen-bond acceptors (Lipinski definition) is 2. The molecule has 1 aromatic rings. The topological polar surface area (TPSA) is 45.1 Å². The first-order valence-corrected chi connectivity index (χ1v) is 9.53. The van der Waals surface area contributed by atoms with Gasteiger partial charge in [-0.1, -0.05) is 23.7 Å². The van der Waals surface area contributed by atoms with Gasteiger partial charge in [-0.2, -0.15) is 0 Å². The number of rotatable bonds is 3. The molecule has 2 saturated heterocycles. The number of piperazine rings is 1. The van der Waals surface area contributed by atoms with Crippen LogP contribution in [-0.2, 0) is 16.1 Å². The highest BCUT2D eigenvalue weighted by atomic mass is 35.5. The quantitative estimate of drug-likeness (QED) is 0.863. The summed E-state index contributed by atoms with van der Waals surface area (Å²) in [4.78, 5) is 29.5. The van der Waals surface area contributed by atoms with Gasteiger partial charge in [-0.05, 0) is 25.0 Å². The highest BCUT2D eigenvalue weighted by Crippen LogP contribution is 2.20. The fourth-order valence-electron chi connectivity index (χ4n) is 3.81. The van der Waals surface area contributed by atoms with Crippen molar-refractivity contribution in [1.82, 2.24) is 9.80 Å². The average Bonchev–Trinajstić information content (AvgIpc) is 2.64. The number of piperidine rings is 1. The van der Waals surface area contributed by atoms with Gasteiger partial charge < -0.3 is 14.7 Å². The Morgan fingerprint density at radius 1 is 1.04 bits per heavy atom. The zero-order chi connectivity index (χ0) is 17.8. The smallest absolute Gasteiger partial charge is 0.226 e. The van der Waals surface area contributed by atoms with E-state index in [1.807, 2.05) is 21.9 Å². The molecule has 1 N–H and O–H groups in total. The highest BCUT2D eigenvalue weighted by molar-refractivity contribution is 6.30. The Morgan fingerprint density at radius 2 is 1.64 bits per heavy atom. The van der Waals surface area contributed by atoms with Gasteiger partial charge in [-0.25, -0.2) is 0 Å². The standard InChI is InChI=1S/C19H26ClN3O2/c1-15(24)22-8-6-17(7-9-22)19(25)23-12-10-21(11-13-23)14-16-2-4-18(20)5-3-16/h2-5,17H,6-14H2,1H3/p+1. The molecule has 0 spiro atoms. The Hall–Kier alpha value is -1.59. The van der Waals surface area contributed by atoms with Crippen molar-refractivity contribution >= 4 is 23.4 Å². The van der Waals surface area contributed by atoms with Gasteiger partial charge in [0.1, 0.15) is 6.54 Å². The van der Waals surface area contributed by atoms with Crippen LogP contribution < -0.4 is 4.90 Å². The zero-order valence-corrected chi connectivity index (χ0v) is 15.6. The van der Waals surface area contributed by atoms with Gasteiger partial charge in [0, 0.05) is 36.5 Å². The predicted octanol–water partition coefficient (Wildman–Crippen LogP) is 0.826. The van der Waals surface area contributed by atoms with E-state index >= 15 is 0 Å². The second-order valence-corrected chi connectivity index (χ2v) is 7.60. The van der Waals surface area contributed by atoms with Crippen LogP contribution in [0.3, 0.4) is 0 Å². The van der Waals surface area contributed by atoms with E-state index < -0.39 is 0 Å². The van der Waals surface area contributed by atoms with E-state index in [4.69, 9.17) is 11.6 Å². The minimum atomic E-state index is 0.0911. The van der Waals surface area contributed by atoms with E-state index in [0.29, 0.717) is 13.1 Å². The number of likely N-dealkylation sites (tertiary alicyclic amines) is 1. The van der Waals surface area contributed by atoms with Crippen LogP contribution in [0, 0.1) is 5.92 Å². The van der Waals surface area contributed by atoms with E-state index in [1.54, 1.807) is 6.92 Å². The first-order valence-electron chi connectivity index (χ1n) is 9.15. The number of benzene rings is 1. The molecule has 0 atom stereocenters. The fourth-order valence-corrected chi connectivity index (χ4v) is 3.94. The second-order valence-electron chi connectivity index (χ2n) is 7.16. The molecule has 5 nitrogen and oxygen atoms in total. The number of halogens is 1. The fraction of sp³-hybridized carbons (Fsp3) is 0.579. The number of amides is 2. The van der Waals surface area contributed by atoms with Crippen LogP contribution in [0.5, 0.6) is 0 Å². The third kappa shape index (κ3) is 4.73. The number of hydrogen-bond donors (Lipinski definition) is 1. The third-order valence-corrected chi connectivity index (χ3v) is 5.69. The minimum Gasteiger partial charge on any atom is -0.343 e. The van der Waals surface area contributed by atoms with Gasteiger partial charge in [0.2, 0.25) is 11.8 Å². The molecule has 0 unspecified atom stereocenters. The number of carbonyl (C=O) groups is 2. The first-order chi connectivity index (χ1) is 12.0. The SMILES string of the molecule is CC(=O)N1CCC(C(=O)N2CC[NH+](Cc3ccc(Cl)cc3)CC2)CC1. The average molecular weight is 365 g/mol. The van der Waals surface area contributed by atoms with Gasteiger partial charge in [0.15, 0.2) is 0 Å². The molecule has 2 heterocycles. The molecule has 0 saturated carbocycles. The van der Waals surface area contributed by atoms with Crippen molar-refractivity contribution in [2.75, 3.05) is 39.3 Å². The summed E-state index contributed by atoms with van der Waals surface area (Å²) in [6.45, 7) is 7.65. The Kier molecular flexibility index (Phi) is 5.97. The molecule has 0 radical (unpaired) electrons. The summed E-state index contributed by atoms with van der Waals surface area (Å²) in [7, 11) is 0. The summed E-state index contributed by atoms with van der Waals surface area (Å²) in [5, 5.41) is 0.769. The number of quaternary nitrogens is 1. The molecule has 2 aliphatic heterocycles. The molecule has 0 aliphatic carbocycles. The van der Waals surface area contributed by atoms with Crippen molar-refractivity contribution in [3.05, 3.63) is 34.9 Å². The van der Waals surface area contributed by atoms with E-state index in [0.717, 1.165) is 50.6 Å². The second kappa shape index (κ2) is 8.19. The van der Waals surface area contributed by atoms with Crippen molar-refractivity contribution in [2.45, 2.75) is 26.3 Å². The van der Waals surface area contributed by atoms with Crippen molar-refractivity contribution in [1.29, 1.82) is 0 Å². The van der Waals surface area contributed by atoms with Crippen LogP contribution in [0.1, 0.15) is 25.3 Å². The predicted molar refractivity (Wildman–Crippen MR) is 97.4 cm³/mol. The van der Waals surface area contributed by atoms with Crippen LogP contribution >= 0.6 is 11.6 Å². The van der Waals surface area contributed by atoms with Crippen molar-refractivity contribution < 1.29 is 14.5 Å². The van der Waals surface area contributed by atoms with Gasteiger partial charge in [-0.3, -0.25) is 9.59 Å². The summed E-state index contributed by atoms with van der Waals surface area (Å²) < 4.78 is 0. The van der Waals surface area contributed by atoms with Gasteiger partial charge in [0.05, 0.1) is 26.2 Å². The lowest BCUT2D eigenvalue weighted by Gasteiger charge is -2.37. The van der Waals surface area contributed by atoms with E-state index in [2.05, 4.69) is 12.1 Å². The molecule has 136 valence electrons. The molecular formula is C19H27ClN3O2+. The van der Waals surface area contributed by atoms with Crippen molar-refractivity contribution in [3.8, 4) is 0 Å². The maximum atomic E-state index is 12.7. The van der Waals surface area contributed by atoms with Crippen LogP contribution in [0.4, 0.5) is 0 Å². The number of nitrogens with zero attached hydrogens (tertiary/aromatic N) is 2. The van der Waals surface area contributed by atoms with E-state index in [1.165, 1.54) is 10.5 Å². The number of nitrogens with one attached hydrogen (secondary N) is 1. The van der Waals surface area contributed by atoms with Gasteiger partial charge in [0.25, 0.3) is 0 Å². The lowest BCUT2D eigenvalue weighted by molar-refractivity contribution is -0.917.